The molecule has 2 aromatic carbocycles. The first-order chi connectivity index (χ1) is 26.2. The number of benzene rings is 2. The van der Waals surface area contributed by atoms with Crippen LogP contribution >= 0.6 is 34.7 Å². The van der Waals surface area contributed by atoms with Crippen LogP contribution in [0, 0.1) is 17.9 Å². The number of amides is 1. The Hall–Kier alpha value is -5.25. The molecule has 0 unspecified atom stereocenters. The first kappa shape index (κ1) is 38.5. The number of thiazole rings is 1. The second kappa shape index (κ2) is 18.2. The number of nitrogens with zero attached hydrogens (tertiary/aromatic N) is 6. The van der Waals surface area contributed by atoms with Gasteiger partial charge in [-0.3, -0.25) is 9.79 Å². The Kier molecular flexibility index (Phi) is 13.0. The number of ether oxygens (including phenoxy) is 2. The lowest BCUT2D eigenvalue weighted by Gasteiger charge is -2.22. The molecule has 0 saturated carbocycles. The fourth-order valence-electron chi connectivity index (χ4n) is 5.94. The maximum Gasteiger partial charge on any atom is 0.328 e. The predicted octanol–water partition coefficient (Wildman–Crippen LogP) is 7.34. The molecule has 0 radical (unpaired) electrons. The van der Waals surface area contributed by atoms with Gasteiger partial charge in [0.25, 0.3) is 0 Å². The number of pyridine rings is 1. The number of carbonyl (C=O) groups excluding carboxylic acids is 2. The molecule has 0 spiro atoms. The lowest BCUT2D eigenvalue weighted by Crippen LogP contribution is -2.47. The van der Waals surface area contributed by atoms with Gasteiger partial charge in [-0.25, -0.2) is 19.6 Å². The van der Waals surface area contributed by atoms with Crippen molar-refractivity contribution < 1.29 is 19.1 Å². The average Bonchev–Trinajstić information content (AvgIpc) is 4.00. The lowest BCUT2D eigenvalue weighted by atomic mass is 9.99. The Morgan fingerprint density at radius 2 is 1.87 bits per heavy atom. The monoisotopic (exact) mass is 780 g/mol. The molecule has 1 saturated heterocycles. The molecular weight excluding hydrogens is 744 g/mol. The van der Waals surface area contributed by atoms with E-state index in [0.29, 0.717) is 62.6 Å². The highest BCUT2D eigenvalue weighted by Crippen LogP contribution is 2.45. The van der Waals surface area contributed by atoms with E-state index in [-0.39, 0.29) is 13.2 Å². The van der Waals surface area contributed by atoms with Gasteiger partial charge in [-0.2, -0.15) is 5.26 Å². The van der Waals surface area contributed by atoms with E-state index in [1.54, 1.807) is 24.5 Å². The summed E-state index contributed by atoms with van der Waals surface area (Å²) in [7, 11) is 0. The van der Waals surface area contributed by atoms with Crippen LogP contribution in [0.3, 0.4) is 0 Å². The Bertz CT molecular complexity index is 2140. The minimum absolute atomic E-state index is 0.0398. The third kappa shape index (κ3) is 9.45. The lowest BCUT2D eigenvalue weighted by molar-refractivity contribution is -0.148. The highest BCUT2D eigenvalue weighted by atomic mass is 35.5. The third-order valence-corrected chi connectivity index (χ3v) is 10.9. The number of anilines is 1. The number of esters is 1. The van der Waals surface area contributed by atoms with Gasteiger partial charge in [0.2, 0.25) is 11.6 Å². The van der Waals surface area contributed by atoms with Crippen molar-refractivity contribution in [3.05, 3.63) is 93.4 Å². The van der Waals surface area contributed by atoms with E-state index in [0.717, 1.165) is 47.8 Å². The average molecular weight is 781 g/mol. The van der Waals surface area contributed by atoms with Gasteiger partial charge < -0.3 is 25.4 Å². The molecule has 2 atom stereocenters. The van der Waals surface area contributed by atoms with Crippen molar-refractivity contribution >= 4 is 64.3 Å². The van der Waals surface area contributed by atoms with E-state index in [4.69, 9.17) is 43.3 Å². The van der Waals surface area contributed by atoms with Crippen molar-refractivity contribution in [1.82, 2.24) is 15.3 Å². The fourth-order valence-corrected chi connectivity index (χ4v) is 7.88. The molecule has 0 aliphatic carbocycles. The van der Waals surface area contributed by atoms with Crippen LogP contribution in [0.1, 0.15) is 43.9 Å². The van der Waals surface area contributed by atoms with Crippen molar-refractivity contribution in [2.75, 3.05) is 31.2 Å². The van der Waals surface area contributed by atoms with Crippen molar-refractivity contribution in [3.63, 3.8) is 0 Å². The highest BCUT2D eigenvalue weighted by Gasteiger charge is 2.27. The molecule has 54 heavy (non-hydrogen) atoms. The molecule has 3 N–H and O–H groups in total. The zero-order valence-electron chi connectivity index (χ0n) is 29.5. The van der Waals surface area contributed by atoms with Crippen LogP contribution in [0.15, 0.2) is 75.7 Å². The van der Waals surface area contributed by atoms with Crippen LogP contribution < -0.4 is 20.7 Å². The van der Waals surface area contributed by atoms with Gasteiger partial charge >= 0.3 is 5.97 Å². The van der Waals surface area contributed by atoms with Gasteiger partial charge in [0.05, 0.1) is 23.9 Å². The summed E-state index contributed by atoms with van der Waals surface area (Å²) in [5.41, 5.74) is 10.7. The summed E-state index contributed by atoms with van der Waals surface area (Å²) in [6.45, 7) is 11.3. The molecule has 4 heterocycles. The van der Waals surface area contributed by atoms with E-state index in [1.165, 1.54) is 30.0 Å². The summed E-state index contributed by atoms with van der Waals surface area (Å²) < 4.78 is 11.1. The Morgan fingerprint density at radius 1 is 1.13 bits per heavy atom. The van der Waals surface area contributed by atoms with Gasteiger partial charge in [0, 0.05) is 59.2 Å². The van der Waals surface area contributed by atoms with Crippen LogP contribution in [0.25, 0.3) is 26.5 Å². The number of aromatic nitrogens is 2. The topological polar surface area (TPSA) is 160 Å². The van der Waals surface area contributed by atoms with Crippen LogP contribution in [0.5, 0.6) is 5.75 Å². The number of aliphatic imine (C=N–C) groups is 1. The number of nitrogens with two attached hydrogens (primary N) is 1. The first-order valence-electron chi connectivity index (χ1n) is 17.3. The number of rotatable bonds is 15. The van der Waals surface area contributed by atoms with Crippen LogP contribution in [0.4, 0.5) is 11.5 Å². The molecular formula is C39H37ClN8O4S2. The molecule has 276 valence electrons. The van der Waals surface area contributed by atoms with Gasteiger partial charge in [0.1, 0.15) is 46.9 Å². The molecule has 2 aromatic heterocycles. The SMILES string of the molecule is [C-]#[N+]c1c(N2CCCC2)nc(SCc2csc(-c3ccc(Cl)cc3)n2)c(C#N)c1-c1ccc(OCCOC(=O)[C@H](C)NC(=O)[C@@H](N)CC2=CN=CC2)cc1. The molecule has 12 nitrogen and oxygen atoms in total. The number of hydrogen-bond donors (Lipinski definition) is 2. The zero-order valence-corrected chi connectivity index (χ0v) is 31.8. The summed E-state index contributed by atoms with van der Waals surface area (Å²) in [5.74, 6) is 0.533. The first-order valence-corrected chi connectivity index (χ1v) is 19.6. The molecule has 1 amide bonds. The van der Waals surface area contributed by atoms with Crippen molar-refractivity contribution in [1.29, 1.82) is 5.26 Å². The fraction of sp³-hybridized carbons (Fsp3) is 0.308. The third-order valence-electron chi connectivity index (χ3n) is 8.74. The van der Waals surface area contributed by atoms with Crippen LogP contribution in [-0.2, 0) is 20.1 Å². The van der Waals surface area contributed by atoms with E-state index in [2.05, 4.69) is 26.1 Å². The minimum atomic E-state index is -0.884. The largest absolute Gasteiger partial charge is 0.490 e. The summed E-state index contributed by atoms with van der Waals surface area (Å²) in [5, 5.41) is 17.2. The van der Waals surface area contributed by atoms with Crippen molar-refractivity contribution in [2.45, 2.75) is 55.5 Å². The summed E-state index contributed by atoms with van der Waals surface area (Å²) in [4.78, 5) is 44.7. The molecule has 4 aromatic rings. The molecule has 6 rings (SSSR count). The predicted molar refractivity (Wildman–Crippen MR) is 212 cm³/mol. The normalized spacial score (nSPS) is 14.5. The van der Waals surface area contributed by atoms with E-state index in [1.807, 2.05) is 41.8 Å². The van der Waals surface area contributed by atoms with Crippen molar-refractivity contribution in [2.24, 2.45) is 10.7 Å². The van der Waals surface area contributed by atoms with E-state index in [9.17, 15) is 14.9 Å². The standard InChI is InChI=1S/C39H37ClN8O4S2/c1-24(45-36(49)32(42)19-25-13-14-44-21-25)39(50)52-18-17-51-30-11-7-26(8-12-30)33-31(20-41)38(47-35(34(33)43-2)48-15-3-4-16-48)54-23-29-22-53-37(46-29)27-5-9-28(40)10-6-27/h5-12,14,21-22,24,32H,3-4,13,15-19,23,42H2,1H3,(H,45,49)/t24-,32-/m0/s1. The number of thioether (sulfide) groups is 1. The maximum absolute atomic E-state index is 12.5. The number of nitrogens with one attached hydrogen (secondary N) is 1. The smallest absolute Gasteiger partial charge is 0.328 e. The Balaban J connectivity index is 1.11. The zero-order chi connectivity index (χ0) is 38.0. The summed E-state index contributed by atoms with van der Waals surface area (Å²) >= 11 is 9.03. The Morgan fingerprint density at radius 3 is 2.56 bits per heavy atom. The summed E-state index contributed by atoms with van der Waals surface area (Å²) in [6, 6.07) is 15.3. The van der Waals surface area contributed by atoms with Gasteiger partial charge in [-0.05, 0) is 61.6 Å². The minimum Gasteiger partial charge on any atom is -0.490 e. The molecule has 15 heteroatoms. The second-order valence-corrected chi connectivity index (χ2v) is 14.9. The molecule has 0 bridgehead atoms. The number of hydrogen-bond acceptors (Lipinski definition) is 12. The molecule has 2 aliphatic rings. The number of carbonyl (C=O) groups is 2. The van der Waals surface area contributed by atoms with Gasteiger partial charge in [0.15, 0.2) is 0 Å². The number of nitriles is 1. The van der Waals surface area contributed by atoms with Crippen LogP contribution in [-0.4, -0.2) is 66.4 Å². The van der Waals surface area contributed by atoms with Crippen LogP contribution in [0.2, 0.25) is 5.02 Å². The number of halogens is 1. The quantitative estimate of drug-likeness (QED) is 0.0541. The van der Waals surface area contributed by atoms with Gasteiger partial charge in [-0.15, -0.1) is 11.3 Å². The van der Waals surface area contributed by atoms with E-state index < -0.39 is 24.0 Å². The molecule has 2 aliphatic heterocycles. The second-order valence-electron chi connectivity index (χ2n) is 12.6. The highest BCUT2D eigenvalue weighted by molar-refractivity contribution is 7.98. The Labute approximate surface area is 326 Å². The summed E-state index contributed by atoms with van der Waals surface area (Å²) in [6.07, 6.45) is 6.47. The maximum atomic E-state index is 12.5. The van der Waals surface area contributed by atoms with E-state index >= 15 is 0 Å². The molecule has 1 fully saturated rings. The van der Waals surface area contributed by atoms with Gasteiger partial charge in [-0.1, -0.05) is 47.6 Å². The van der Waals surface area contributed by atoms with Crippen molar-refractivity contribution in [3.8, 4) is 33.5 Å².